The van der Waals surface area contributed by atoms with Gasteiger partial charge in [0.15, 0.2) is 0 Å². The van der Waals surface area contributed by atoms with Gasteiger partial charge in [-0.3, -0.25) is 14.4 Å². The number of nitrogens with zero attached hydrogens (tertiary/aromatic N) is 2. The molecule has 2 aromatic rings. The highest BCUT2D eigenvalue weighted by molar-refractivity contribution is 6.20. The Bertz CT molecular complexity index is 1230. The number of para-hydroxylation sites is 1. The Morgan fingerprint density at radius 1 is 1.02 bits per heavy atom. The SMILES string of the molecule is C[C@H](NC(=O)CCC(F)(F)F)C(=O)NC1N=C(c2ccccc2)c2ccccc2N(CCC2CCCCC2)C1=O. The quantitative estimate of drug-likeness (QED) is 0.449. The van der Waals surface area contributed by atoms with Crippen LogP contribution < -0.4 is 15.5 Å². The molecule has 0 aromatic heterocycles. The van der Waals surface area contributed by atoms with Gasteiger partial charge in [0, 0.05) is 24.1 Å². The van der Waals surface area contributed by atoms with Crippen LogP contribution in [0.3, 0.4) is 0 Å². The summed E-state index contributed by atoms with van der Waals surface area (Å²) in [6.45, 7) is 1.83. The Labute approximate surface area is 232 Å². The van der Waals surface area contributed by atoms with Crippen LogP contribution in [0.1, 0.15) is 69.4 Å². The van der Waals surface area contributed by atoms with E-state index in [1.807, 2.05) is 54.6 Å². The predicted octanol–water partition coefficient (Wildman–Crippen LogP) is 5.13. The number of hydrogen-bond donors (Lipinski definition) is 2. The number of carbonyl (C=O) groups is 3. The monoisotopic (exact) mass is 556 g/mol. The molecule has 214 valence electrons. The molecular formula is C30H35F3N4O3. The van der Waals surface area contributed by atoms with E-state index in [0.29, 0.717) is 23.9 Å². The molecular weight excluding hydrogens is 521 g/mol. The summed E-state index contributed by atoms with van der Waals surface area (Å²) in [5.74, 6) is -1.50. The van der Waals surface area contributed by atoms with Gasteiger partial charge in [0.25, 0.3) is 5.91 Å². The van der Waals surface area contributed by atoms with Crippen LogP contribution in [0, 0.1) is 5.92 Å². The van der Waals surface area contributed by atoms with Crippen LogP contribution in [0.4, 0.5) is 18.9 Å². The molecule has 7 nitrogen and oxygen atoms in total. The standard InChI is InChI=1S/C30H35F3N4O3/c1-20(34-25(38)16-18-30(31,32)33)28(39)36-27-29(40)37(19-17-21-10-4-2-5-11-21)24-15-9-8-14-23(24)26(35-27)22-12-6-3-7-13-22/h3,6-9,12-15,20-21,27H,2,4-5,10-11,16-19H2,1H3,(H,34,38)(H,36,39)/t20-,27?/m0/s1. The summed E-state index contributed by atoms with van der Waals surface area (Å²) in [6, 6.07) is 15.7. The van der Waals surface area contributed by atoms with E-state index in [-0.39, 0.29) is 0 Å². The number of benzene rings is 2. The lowest BCUT2D eigenvalue weighted by Gasteiger charge is -2.29. The highest BCUT2D eigenvalue weighted by Gasteiger charge is 2.34. The van der Waals surface area contributed by atoms with Gasteiger partial charge >= 0.3 is 6.18 Å². The van der Waals surface area contributed by atoms with E-state index in [9.17, 15) is 27.6 Å². The normalized spacial score (nSPS) is 18.8. The third-order valence-corrected chi connectivity index (χ3v) is 7.43. The number of fused-ring (bicyclic) bond motifs is 1. The Morgan fingerprint density at radius 3 is 2.40 bits per heavy atom. The van der Waals surface area contributed by atoms with Gasteiger partial charge in [-0.1, -0.05) is 80.6 Å². The van der Waals surface area contributed by atoms with Crippen LogP contribution in [0.5, 0.6) is 0 Å². The molecule has 10 heteroatoms. The lowest BCUT2D eigenvalue weighted by Crippen LogP contribution is -2.53. The summed E-state index contributed by atoms with van der Waals surface area (Å²) in [7, 11) is 0. The van der Waals surface area contributed by atoms with Crippen molar-refractivity contribution in [2.45, 2.75) is 76.7 Å². The van der Waals surface area contributed by atoms with Gasteiger partial charge in [0.05, 0.1) is 17.8 Å². The summed E-state index contributed by atoms with van der Waals surface area (Å²) in [5.41, 5.74) is 2.77. The number of hydrogen-bond acceptors (Lipinski definition) is 4. The Morgan fingerprint density at radius 2 is 1.70 bits per heavy atom. The van der Waals surface area contributed by atoms with Crippen LogP contribution in [0.15, 0.2) is 59.6 Å². The zero-order chi connectivity index (χ0) is 28.7. The number of benzodiazepines with no additional fused rings is 1. The largest absolute Gasteiger partial charge is 0.389 e. The molecule has 4 rings (SSSR count). The van der Waals surface area contributed by atoms with Crippen LogP contribution in [0.2, 0.25) is 0 Å². The second-order valence-electron chi connectivity index (χ2n) is 10.5. The fraction of sp³-hybridized carbons (Fsp3) is 0.467. The lowest BCUT2D eigenvalue weighted by atomic mass is 9.87. The smallest absolute Gasteiger partial charge is 0.345 e. The van der Waals surface area contributed by atoms with Gasteiger partial charge in [-0.15, -0.1) is 0 Å². The molecule has 0 saturated heterocycles. The van der Waals surface area contributed by atoms with Crippen molar-refractivity contribution in [1.29, 1.82) is 0 Å². The molecule has 1 saturated carbocycles. The van der Waals surface area contributed by atoms with Crippen molar-refractivity contribution in [2.75, 3.05) is 11.4 Å². The van der Waals surface area contributed by atoms with Gasteiger partial charge < -0.3 is 15.5 Å². The zero-order valence-corrected chi connectivity index (χ0v) is 22.5. The lowest BCUT2D eigenvalue weighted by molar-refractivity contribution is -0.144. The highest BCUT2D eigenvalue weighted by atomic mass is 19.4. The number of aliphatic imine (C=N–C) groups is 1. The van der Waals surface area contributed by atoms with Gasteiger partial charge in [-0.25, -0.2) is 4.99 Å². The molecule has 2 aliphatic rings. The first-order chi connectivity index (χ1) is 19.1. The third kappa shape index (κ3) is 7.70. The van der Waals surface area contributed by atoms with E-state index >= 15 is 0 Å². The molecule has 0 radical (unpaired) electrons. The number of alkyl halides is 3. The average Bonchev–Trinajstić information content (AvgIpc) is 3.05. The summed E-state index contributed by atoms with van der Waals surface area (Å²) in [5, 5.41) is 4.92. The minimum absolute atomic E-state index is 0.405. The molecule has 1 heterocycles. The molecule has 1 fully saturated rings. The zero-order valence-electron chi connectivity index (χ0n) is 22.5. The maximum Gasteiger partial charge on any atom is 0.389 e. The number of anilines is 1. The molecule has 2 atom stereocenters. The number of amides is 3. The van der Waals surface area contributed by atoms with Gasteiger partial charge in [-0.05, 0) is 25.3 Å². The average molecular weight is 557 g/mol. The third-order valence-electron chi connectivity index (χ3n) is 7.43. The van der Waals surface area contributed by atoms with E-state index in [0.717, 1.165) is 30.4 Å². The molecule has 1 aliphatic carbocycles. The second-order valence-corrected chi connectivity index (χ2v) is 10.5. The molecule has 3 amide bonds. The minimum atomic E-state index is -4.48. The van der Waals surface area contributed by atoms with E-state index in [4.69, 9.17) is 4.99 Å². The van der Waals surface area contributed by atoms with E-state index in [2.05, 4.69) is 10.6 Å². The van der Waals surface area contributed by atoms with E-state index < -0.39 is 48.9 Å². The molecule has 0 bridgehead atoms. The van der Waals surface area contributed by atoms with Crippen LogP contribution in [-0.2, 0) is 14.4 Å². The summed E-state index contributed by atoms with van der Waals surface area (Å²) >= 11 is 0. The van der Waals surface area contributed by atoms with Gasteiger partial charge in [0.1, 0.15) is 6.04 Å². The first-order valence-corrected chi connectivity index (χ1v) is 13.8. The predicted molar refractivity (Wildman–Crippen MR) is 147 cm³/mol. The first-order valence-electron chi connectivity index (χ1n) is 13.8. The molecule has 0 spiro atoms. The fourth-order valence-corrected chi connectivity index (χ4v) is 5.26. The number of rotatable bonds is 9. The Hall–Kier alpha value is -3.69. The summed E-state index contributed by atoms with van der Waals surface area (Å²) < 4.78 is 37.5. The van der Waals surface area contributed by atoms with Crippen molar-refractivity contribution in [3.05, 3.63) is 65.7 Å². The second kappa shape index (κ2) is 13.1. The van der Waals surface area contributed by atoms with E-state index in [1.54, 1.807) is 4.90 Å². The molecule has 1 unspecified atom stereocenters. The van der Waals surface area contributed by atoms with Crippen LogP contribution in [0.25, 0.3) is 0 Å². The number of carbonyl (C=O) groups excluding carboxylic acids is 3. The Balaban J connectivity index is 1.59. The fourth-order valence-electron chi connectivity index (χ4n) is 5.26. The van der Waals surface area contributed by atoms with Crippen molar-refractivity contribution >= 4 is 29.1 Å². The van der Waals surface area contributed by atoms with Gasteiger partial charge in [-0.2, -0.15) is 13.2 Å². The maximum atomic E-state index is 13.9. The van der Waals surface area contributed by atoms with E-state index in [1.165, 1.54) is 26.2 Å². The topological polar surface area (TPSA) is 90.9 Å². The van der Waals surface area contributed by atoms with Crippen molar-refractivity contribution in [3.63, 3.8) is 0 Å². The number of halogens is 3. The first kappa shape index (κ1) is 29.3. The maximum absolute atomic E-state index is 13.9. The van der Waals surface area contributed by atoms with Crippen molar-refractivity contribution in [1.82, 2.24) is 10.6 Å². The van der Waals surface area contributed by atoms with Crippen molar-refractivity contribution in [3.8, 4) is 0 Å². The minimum Gasteiger partial charge on any atom is -0.345 e. The van der Waals surface area contributed by atoms with Gasteiger partial charge in [0.2, 0.25) is 18.0 Å². The summed E-state index contributed by atoms with van der Waals surface area (Å²) in [4.78, 5) is 45.4. The van der Waals surface area contributed by atoms with Crippen LogP contribution >= 0.6 is 0 Å². The molecule has 2 aromatic carbocycles. The van der Waals surface area contributed by atoms with Crippen molar-refractivity contribution in [2.24, 2.45) is 10.9 Å². The highest BCUT2D eigenvalue weighted by Crippen LogP contribution is 2.31. The molecule has 1 aliphatic heterocycles. The molecule has 2 N–H and O–H groups in total. The summed E-state index contributed by atoms with van der Waals surface area (Å²) in [6.07, 6.45) is -1.16. The number of nitrogens with one attached hydrogen (secondary N) is 2. The Kier molecular flexibility index (Phi) is 9.60. The van der Waals surface area contributed by atoms with Crippen molar-refractivity contribution < 1.29 is 27.6 Å². The molecule has 40 heavy (non-hydrogen) atoms. The van der Waals surface area contributed by atoms with Crippen LogP contribution in [-0.4, -0.2) is 48.4 Å².